The molecule has 0 amide bonds. The summed E-state index contributed by atoms with van der Waals surface area (Å²) in [5.74, 6) is -2.32. The smallest absolute Gasteiger partial charge is 0.275 e. The van der Waals surface area contributed by atoms with Crippen molar-refractivity contribution in [2.24, 2.45) is 0 Å². The predicted octanol–water partition coefficient (Wildman–Crippen LogP) is 3.04. The van der Waals surface area contributed by atoms with Crippen molar-refractivity contribution in [3.8, 4) is 0 Å². The lowest BCUT2D eigenvalue weighted by molar-refractivity contribution is -0.0269. The highest BCUT2D eigenvalue weighted by Crippen LogP contribution is 2.41. The van der Waals surface area contributed by atoms with E-state index in [0.29, 0.717) is 5.92 Å². The Bertz CT molecular complexity index is 328. The average Bonchev–Trinajstić information content (AvgIpc) is 3.01. The molecule has 0 radical (unpaired) electrons. The van der Waals surface area contributed by atoms with Gasteiger partial charge in [-0.2, -0.15) is 0 Å². The Morgan fingerprint density at radius 3 is 2.27 bits per heavy atom. The number of halogens is 2. The maximum absolute atomic E-state index is 13.3. The molecule has 1 aliphatic rings. The van der Waals surface area contributed by atoms with Gasteiger partial charge in [0.15, 0.2) is 0 Å². The Hall–Kier alpha value is -0.960. The van der Waals surface area contributed by atoms with Crippen molar-refractivity contribution < 1.29 is 13.9 Å². The molecule has 3 heteroatoms. The van der Waals surface area contributed by atoms with Crippen LogP contribution in [0.25, 0.3) is 0 Å². The van der Waals surface area contributed by atoms with Crippen molar-refractivity contribution in [2.45, 2.75) is 31.1 Å². The standard InChI is InChI=1S/C12H14F2O/c13-12(14,7-8-15)11-5-3-10(4-6-11)9-1-2-9/h3-6,9,15H,1-2,7-8H2. The normalized spacial score (nSPS) is 16.7. The minimum Gasteiger partial charge on any atom is -0.396 e. The Balaban J connectivity index is 2.14. The summed E-state index contributed by atoms with van der Waals surface area (Å²) in [4.78, 5) is 0. The lowest BCUT2D eigenvalue weighted by Gasteiger charge is -2.15. The topological polar surface area (TPSA) is 20.2 Å². The summed E-state index contributed by atoms with van der Waals surface area (Å²) in [5, 5.41) is 8.54. The van der Waals surface area contributed by atoms with Crippen LogP contribution in [0.4, 0.5) is 8.78 Å². The van der Waals surface area contributed by atoms with Gasteiger partial charge >= 0.3 is 0 Å². The highest BCUT2D eigenvalue weighted by molar-refractivity contribution is 5.30. The van der Waals surface area contributed by atoms with Crippen molar-refractivity contribution in [3.63, 3.8) is 0 Å². The molecule has 0 atom stereocenters. The monoisotopic (exact) mass is 212 g/mol. The van der Waals surface area contributed by atoms with Crippen LogP contribution in [0.2, 0.25) is 0 Å². The van der Waals surface area contributed by atoms with E-state index >= 15 is 0 Å². The molecule has 0 unspecified atom stereocenters. The van der Waals surface area contributed by atoms with Crippen molar-refractivity contribution in [1.82, 2.24) is 0 Å². The summed E-state index contributed by atoms with van der Waals surface area (Å²) in [6, 6.07) is 6.50. The zero-order valence-electron chi connectivity index (χ0n) is 8.42. The fraction of sp³-hybridized carbons (Fsp3) is 0.500. The van der Waals surface area contributed by atoms with Gasteiger partial charge in [0.2, 0.25) is 0 Å². The highest BCUT2D eigenvalue weighted by atomic mass is 19.3. The number of benzene rings is 1. The van der Waals surface area contributed by atoms with Gasteiger partial charge in [0.05, 0.1) is 0 Å². The molecule has 0 aliphatic heterocycles. The average molecular weight is 212 g/mol. The third-order valence-electron chi connectivity index (χ3n) is 2.81. The molecular weight excluding hydrogens is 198 g/mol. The maximum Gasteiger partial charge on any atom is 0.275 e. The van der Waals surface area contributed by atoms with Crippen molar-refractivity contribution >= 4 is 0 Å². The van der Waals surface area contributed by atoms with Gasteiger partial charge in [-0.25, -0.2) is 8.78 Å². The fourth-order valence-corrected chi connectivity index (χ4v) is 1.70. The summed E-state index contributed by atoms with van der Waals surface area (Å²) < 4.78 is 26.7. The first kappa shape index (κ1) is 10.6. The molecule has 1 fully saturated rings. The zero-order chi connectivity index (χ0) is 10.9. The summed E-state index contributed by atoms with van der Waals surface area (Å²) in [5.41, 5.74) is 1.15. The van der Waals surface area contributed by atoms with Gasteiger partial charge in [-0.15, -0.1) is 0 Å². The fourth-order valence-electron chi connectivity index (χ4n) is 1.70. The second-order valence-corrected chi connectivity index (χ2v) is 4.07. The molecule has 1 aromatic rings. The van der Waals surface area contributed by atoms with Crippen molar-refractivity contribution in [3.05, 3.63) is 35.4 Å². The van der Waals surface area contributed by atoms with Gasteiger partial charge in [-0.05, 0) is 24.3 Å². The number of hydrogen-bond donors (Lipinski definition) is 1. The number of alkyl halides is 2. The van der Waals surface area contributed by atoms with Crippen LogP contribution in [0.3, 0.4) is 0 Å². The molecule has 0 spiro atoms. The molecule has 1 saturated carbocycles. The highest BCUT2D eigenvalue weighted by Gasteiger charge is 2.31. The van der Waals surface area contributed by atoms with Gasteiger partial charge in [0, 0.05) is 18.6 Å². The molecule has 2 rings (SSSR count). The van der Waals surface area contributed by atoms with E-state index < -0.39 is 19.0 Å². The van der Waals surface area contributed by atoms with E-state index in [1.165, 1.54) is 25.0 Å². The molecule has 1 nitrogen and oxygen atoms in total. The van der Waals surface area contributed by atoms with Crippen LogP contribution in [0, 0.1) is 0 Å². The Kier molecular flexibility index (Phi) is 2.74. The molecule has 15 heavy (non-hydrogen) atoms. The van der Waals surface area contributed by atoms with Gasteiger partial charge in [0.25, 0.3) is 5.92 Å². The van der Waals surface area contributed by atoms with E-state index in [-0.39, 0.29) is 5.56 Å². The van der Waals surface area contributed by atoms with E-state index in [1.54, 1.807) is 12.1 Å². The van der Waals surface area contributed by atoms with Crippen LogP contribution in [0.15, 0.2) is 24.3 Å². The first-order chi connectivity index (χ1) is 7.13. The van der Waals surface area contributed by atoms with Gasteiger partial charge in [0.1, 0.15) is 0 Å². The molecule has 1 aliphatic carbocycles. The quantitative estimate of drug-likeness (QED) is 0.813. The molecule has 82 valence electrons. The number of aliphatic hydroxyl groups excluding tert-OH is 1. The largest absolute Gasteiger partial charge is 0.396 e. The second kappa shape index (κ2) is 3.89. The minimum absolute atomic E-state index is 0.000880. The first-order valence-electron chi connectivity index (χ1n) is 5.22. The lowest BCUT2D eigenvalue weighted by atomic mass is 10.0. The number of aliphatic hydroxyl groups is 1. The van der Waals surface area contributed by atoms with E-state index in [1.807, 2.05) is 0 Å². The van der Waals surface area contributed by atoms with Crippen LogP contribution in [0.1, 0.15) is 36.3 Å². The van der Waals surface area contributed by atoms with Crippen LogP contribution in [-0.4, -0.2) is 11.7 Å². The van der Waals surface area contributed by atoms with E-state index in [9.17, 15) is 8.78 Å². The molecule has 0 aromatic heterocycles. The summed E-state index contributed by atoms with van der Waals surface area (Å²) in [6.45, 7) is -0.489. The minimum atomic E-state index is -2.91. The zero-order valence-corrected chi connectivity index (χ0v) is 8.42. The Labute approximate surface area is 87.7 Å². The SMILES string of the molecule is OCCC(F)(F)c1ccc(C2CC2)cc1. The van der Waals surface area contributed by atoms with Crippen LogP contribution < -0.4 is 0 Å². The summed E-state index contributed by atoms with van der Waals surface area (Å²) >= 11 is 0. The molecule has 0 bridgehead atoms. The Morgan fingerprint density at radius 1 is 1.20 bits per heavy atom. The summed E-state index contributed by atoms with van der Waals surface area (Å²) in [7, 11) is 0. The third kappa shape index (κ3) is 2.34. The van der Waals surface area contributed by atoms with E-state index in [0.717, 1.165) is 5.56 Å². The van der Waals surface area contributed by atoms with Gasteiger partial charge in [-0.1, -0.05) is 24.3 Å². The lowest BCUT2D eigenvalue weighted by Crippen LogP contribution is -2.15. The summed E-state index contributed by atoms with van der Waals surface area (Å²) in [6.07, 6.45) is 1.84. The van der Waals surface area contributed by atoms with Crippen LogP contribution >= 0.6 is 0 Å². The predicted molar refractivity (Wildman–Crippen MR) is 54.0 cm³/mol. The van der Waals surface area contributed by atoms with Crippen molar-refractivity contribution in [2.75, 3.05) is 6.61 Å². The van der Waals surface area contributed by atoms with E-state index in [4.69, 9.17) is 5.11 Å². The van der Waals surface area contributed by atoms with E-state index in [2.05, 4.69) is 0 Å². The second-order valence-electron chi connectivity index (χ2n) is 4.07. The van der Waals surface area contributed by atoms with Gasteiger partial charge < -0.3 is 5.11 Å². The molecule has 0 heterocycles. The third-order valence-corrected chi connectivity index (χ3v) is 2.81. The first-order valence-corrected chi connectivity index (χ1v) is 5.22. The Morgan fingerprint density at radius 2 is 1.80 bits per heavy atom. The molecular formula is C12H14F2O. The molecule has 1 aromatic carbocycles. The van der Waals surface area contributed by atoms with Crippen LogP contribution in [-0.2, 0) is 5.92 Å². The van der Waals surface area contributed by atoms with Gasteiger partial charge in [-0.3, -0.25) is 0 Å². The number of rotatable bonds is 4. The number of hydrogen-bond acceptors (Lipinski definition) is 1. The van der Waals surface area contributed by atoms with Crippen molar-refractivity contribution in [1.29, 1.82) is 0 Å². The molecule has 1 N–H and O–H groups in total. The molecule has 0 saturated heterocycles. The van der Waals surface area contributed by atoms with Crippen LogP contribution in [0.5, 0.6) is 0 Å². The maximum atomic E-state index is 13.3.